The van der Waals surface area contributed by atoms with Gasteiger partial charge in [-0.1, -0.05) is 42.0 Å². The van der Waals surface area contributed by atoms with Crippen LogP contribution in [0.4, 0.5) is 8.78 Å². The Morgan fingerprint density at radius 2 is 1.68 bits per heavy atom. The minimum atomic E-state index is -2.61. The van der Waals surface area contributed by atoms with E-state index in [0.717, 1.165) is 10.1 Å². The van der Waals surface area contributed by atoms with Gasteiger partial charge in [0.15, 0.2) is 0 Å². The van der Waals surface area contributed by atoms with Gasteiger partial charge in [0.05, 0.1) is 11.0 Å². The van der Waals surface area contributed by atoms with Gasteiger partial charge in [0, 0.05) is 5.56 Å². The van der Waals surface area contributed by atoms with E-state index in [1.54, 1.807) is 24.3 Å². The molecule has 3 rings (SSSR count). The Morgan fingerprint density at radius 1 is 1.00 bits per heavy atom. The van der Waals surface area contributed by atoms with Crippen LogP contribution in [0.1, 0.15) is 12.1 Å². The van der Waals surface area contributed by atoms with Crippen LogP contribution in [0.2, 0.25) is 0 Å². The Morgan fingerprint density at radius 3 is 2.37 bits per heavy atom. The lowest BCUT2D eigenvalue weighted by Crippen LogP contribution is -2.00. The van der Waals surface area contributed by atoms with Gasteiger partial charge in [-0.3, -0.25) is 4.57 Å². The Balaban J connectivity index is 2.28. The van der Waals surface area contributed by atoms with Crippen molar-refractivity contribution in [3.63, 3.8) is 0 Å². The SMILES string of the molecule is Cc1ccc(-c2nc3ccccc3n2C(F)F)cc1. The zero-order valence-corrected chi connectivity index (χ0v) is 10.3. The van der Waals surface area contributed by atoms with Crippen molar-refractivity contribution in [2.45, 2.75) is 13.5 Å². The van der Waals surface area contributed by atoms with Gasteiger partial charge in [0.1, 0.15) is 5.82 Å². The third kappa shape index (κ3) is 1.99. The van der Waals surface area contributed by atoms with Crippen molar-refractivity contribution >= 4 is 11.0 Å². The van der Waals surface area contributed by atoms with Crippen molar-refractivity contribution in [1.82, 2.24) is 9.55 Å². The van der Waals surface area contributed by atoms with Crippen molar-refractivity contribution in [3.05, 3.63) is 54.1 Å². The summed E-state index contributed by atoms with van der Waals surface area (Å²) in [6, 6.07) is 14.4. The van der Waals surface area contributed by atoms with E-state index >= 15 is 0 Å². The Bertz CT molecular complexity index is 715. The number of hydrogen-bond acceptors (Lipinski definition) is 1. The van der Waals surface area contributed by atoms with Crippen LogP contribution in [0, 0.1) is 6.92 Å². The normalized spacial score (nSPS) is 11.4. The fraction of sp³-hybridized carbons (Fsp3) is 0.133. The smallest absolute Gasteiger partial charge is 0.266 e. The average molecular weight is 258 g/mol. The fourth-order valence-corrected chi connectivity index (χ4v) is 2.15. The number of halogens is 2. The molecule has 0 unspecified atom stereocenters. The van der Waals surface area contributed by atoms with E-state index in [2.05, 4.69) is 4.98 Å². The quantitative estimate of drug-likeness (QED) is 0.665. The molecule has 2 nitrogen and oxygen atoms in total. The number of aryl methyl sites for hydroxylation is 1. The summed E-state index contributed by atoms with van der Waals surface area (Å²) in [5, 5.41) is 0. The van der Waals surface area contributed by atoms with Crippen LogP contribution in [0.3, 0.4) is 0 Å². The molecule has 3 aromatic rings. The molecule has 0 aliphatic heterocycles. The number of hydrogen-bond donors (Lipinski definition) is 0. The molecule has 4 heteroatoms. The molecule has 0 saturated carbocycles. The molecule has 0 aliphatic carbocycles. The Kier molecular flexibility index (Phi) is 2.78. The summed E-state index contributed by atoms with van der Waals surface area (Å²) in [5.41, 5.74) is 2.82. The molecule has 2 aromatic carbocycles. The molecule has 0 radical (unpaired) electrons. The van der Waals surface area contributed by atoms with Crippen LogP contribution >= 0.6 is 0 Å². The van der Waals surface area contributed by atoms with Crippen molar-refractivity contribution in [1.29, 1.82) is 0 Å². The number of nitrogens with zero attached hydrogens (tertiary/aromatic N) is 2. The minimum Gasteiger partial charge on any atom is -0.266 e. The number of alkyl halides is 2. The lowest BCUT2D eigenvalue weighted by molar-refractivity contribution is 0.0764. The van der Waals surface area contributed by atoms with E-state index in [9.17, 15) is 8.78 Å². The predicted molar refractivity (Wildman–Crippen MR) is 71.2 cm³/mol. The molecule has 0 spiro atoms. The first kappa shape index (κ1) is 11.8. The summed E-state index contributed by atoms with van der Waals surface area (Å²) in [7, 11) is 0. The molecular formula is C15H12F2N2. The van der Waals surface area contributed by atoms with Gasteiger partial charge >= 0.3 is 6.55 Å². The second kappa shape index (κ2) is 4.46. The molecule has 0 bridgehead atoms. The van der Waals surface area contributed by atoms with Crippen LogP contribution in [-0.2, 0) is 0 Å². The highest BCUT2D eigenvalue weighted by Crippen LogP contribution is 2.29. The van der Waals surface area contributed by atoms with E-state index in [-0.39, 0.29) is 0 Å². The van der Waals surface area contributed by atoms with Crippen molar-refractivity contribution < 1.29 is 8.78 Å². The van der Waals surface area contributed by atoms with Crippen molar-refractivity contribution in [2.75, 3.05) is 0 Å². The summed E-state index contributed by atoms with van der Waals surface area (Å²) in [4.78, 5) is 4.32. The second-order valence-electron chi connectivity index (χ2n) is 4.44. The molecule has 0 saturated heterocycles. The third-order valence-electron chi connectivity index (χ3n) is 3.10. The predicted octanol–water partition coefficient (Wildman–Crippen LogP) is 4.41. The van der Waals surface area contributed by atoms with Gasteiger partial charge < -0.3 is 0 Å². The zero-order chi connectivity index (χ0) is 13.4. The maximum absolute atomic E-state index is 13.3. The standard InChI is InChI=1S/C15H12F2N2/c1-10-6-8-11(9-7-10)14-18-12-4-2-3-5-13(12)19(14)15(16)17/h2-9,15H,1H3. The highest BCUT2D eigenvalue weighted by atomic mass is 19.3. The molecule has 0 fully saturated rings. The minimum absolute atomic E-state index is 0.302. The monoisotopic (exact) mass is 258 g/mol. The summed E-state index contributed by atoms with van der Waals surface area (Å²) >= 11 is 0. The lowest BCUT2D eigenvalue weighted by atomic mass is 10.1. The van der Waals surface area contributed by atoms with E-state index < -0.39 is 6.55 Å². The summed E-state index contributed by atoms with van der Waals surface area (Å²) in [5.74, 6) is 0.302. The first-order valence-electron chi connectivity index (χ1n) is 5.99. The van der Waals surface area contributed by atoms with Crippen molar-refractivity contribution in [2.24, 2.45) is 0 Å². The van der Waals surface area contributed by atoms with E-state index in [4.69, 9.17) is 0 Å². The Hall–Kier alpha value is -2.23. The maximum Gasteiger partial charge on any atom is 0.320 e. The van der Waals surface area contributed by atoms with Crippen LogP contribution < -0.4 is 0 Å². The van der Waals surface area contributed by atoms with Gasteiger partial charge in [-0.15, -0.1) is 0 Å². The molecule has 0 atom stereocenters. The number of aromatic nitrogens is 2. The number of benzene rings is 2. The first-order valence-corrected chi connectivity index (χ1v) is 5.99. The van der Waals surface area contributed by atoms with E-state index in [1.807, 2.05) is 31.2 Å². The molecular weight excluding hydrogens is 246 g/mol. The van der Waals surface area contributed by atoms with E-state index in [1.165, 1.54) is 0 Å². The van der Waals surface area contributed by atoms with Gasteiger partial charge in [0.25, 0.3) is 0 Å². The third-order valence-corrected chi connectivity index (χ3v) is 3.10. The van der Waals surface area contributed by atoms with Crippen LogP contribution in [-0.4, -0.2) is 9.55 Å². The molecule has 0 N–H and O–H groups in total. The molecule has 1 heterocycles. The lowest BCUT2D eigenvalue weighted by Gasteiger charge is -2.07. The van der Waals surface area contributed by atoms with Crippen LogP contribution in [0.15, 0.2) is 48.5 Å². The van der Waals surface area contributed by atoms with Gasteiger partial charge in [-0.05, 0) is 19.1 Å². The fourth-order valence-electron chi connectivity index (χ4n) is 2.15. The highest BCUT2D eigenvalue weighted by Gasteiger charge is 2.18. The molecule has 1 aromatic heterocycles. The molecule has 0 aliphatic rings. The zero-order valence-electron chi connectivity index (χ0n) is 10.3. The molecule has 96 valence electrons. The first-order chi connectivity index (χ1) is 9.16. The van der Waals surface area contributed by atoms with Gasteiger partial charge in [0.2, 0.25) is 0 Å². The topological polar surface area (TPSA) is 17.8 Å². The summed E-state index contributed by atoms with van der Waals surface area (Å²) in [6.45, 7) is -0.649. The number of para-hydroxylation sites is 2. The molecule has 19 heavy (non-hydrogen) atoms. The van der Waals surface area contributed by atoms with Gasteiger partial charge in [-0.25, -0.2) is 4.98 Å². The summed E-state index contributed by atoms with van der Waals surface area (Å²) in [6.07, 6.45) is 0. The van der Waals surface area contributed by atoms with Crippen LogP contribution in [0.5, 0.6) is 0 Å². The van der Waals surface area contributed by atoms with Crippen LogP contribution in [0.25, 0.3) is 22.4 Å². The van der Waals surface area contributed by atoms with Gasteiger partial charge in [-0.2, -0.15) is 8.78 Å². The Labute approximate surface area is 109 Å². The number of imidazole rings is 1. The second-order valence-corrected chi connectivity index (χ2v) is 4.44. The largest absolute Gasteiger partial charge is 0.320 e. The van der Waals surface area contributed by atoms with Crippen molar-refractivity contribution in [3.8, 4) is 11.4 Å². The van der Waals surface area contributed by atoms with E-state index in [0.29, 0.717) is 22.4 Å². The molecule has 0 amide bonds. The number of rotatable bonds is 2. The number of fused-ring (bicyclic) bond motifs is 1. The maximum atomic E-state index is 13.3. The highest BCUT2D eigenvalue weighted by molar-refractivity contribution is 5.80. The summed E-state index contributed by atoms with van der Waals surface area (Å²) < 4.78 is 27.5. The average Bonchev–Trinajstić information content (AvgIpc) is 2.78.